The molecule has 0 saturated carbocycles. The van der Waals surface area contributed by atoms with Crippen LogP contribution in [0, 0.1) is 0 Å². The van der Waals surface area contributed by atoms with E-state index in [0.717, 1.165) is 22.6 Å². The van der Waals surface area contributed by atoms with Crippen LogP contribution in [-0.4, -0.2) is 21.5 Å². The Balaban J connectivity index is 2.40. The van der Waals surface area contributed by atoms with Crippen molar-refractivity contribution in [1.82, 2.24) is 0 Å². The van der Waals surface area contributed by atoms with E-state index in [9.17, 15) is 9.00 Å². The number of carbonyl (C=O) groups excluding carboxylic acids is 1. The molecular formula is C12H17NO3S2. The number of rotatable bonds is 1. The molecule has 0 aliphatic carbocycles. The Hall–Kier alpha value is -0.880. The number of fused-ring (bicyclic) bond motifs is 1. The highest BCUT2D eigenvalue weighted by Gasteiger charge is 2.30. The third-order valence-electron chi connectivity index (χ3n) is 2.56. The Bertz CT molecular complexity index is 514. The van der Waals surface area contributed by atoms with Gasteiger partial charge >= 0.3 is 5.97 Å². The monoisotopic (exact) mass is 287 g/mol. The van der Waals surface area contributed by atoms with Gasteiger partial charge in [-0.05, 0) is 39.2 Å². The summed E-state index contributed by atoms with van der Waals surface area (Å²) in [6, 6.07) is 0. The number of hydrogen-bond donors (Lipinski definition) is 1. The fourth-order valence-corrected chi connectivity index (χ4v) is 4.70. The number of ether oxygens (including phenoxy) is 1. The van der Waals surface area contributed by atoms with Crippen molar-refractivity contribution in [2.24, 2.45) is 0 Å². The zero-order valence-corrected chi connectivity index (χ0v) is 12.4. The summed E-state index contributed by atoms with van der Waals surface area (Å²) in [5, 5.41) is 0.421. The zero-order valence-electron chi connectivity index (χ0n) is 10.7. The highest BCUT2D eigenvalue weighted by atomic mass is 32.2. The van der Waals surface area contributed by atoms with Gasteiger partial charge < -0.3 is 10.5 Å². The van der Waals surface area contributed by atoms with Gasteiger partial charge in [-0.3, -0.25) is 4.21 Å². The summed E-state index contributed by atoms with van der Waals surface area (Å²) in [6.45, 7) is 5.45. The Kier molecular flexibility index (Phi) is 3.51. The molecule has 2 rings (SSSR count). The molecule has 1 aromatic rings. The van der Waals surface area contributed by atoms with Crippen LogP contribution in [0.3, 0.4) is 0 Å². The van der Waals surface area contributed by atoms with Crippen LogP contribution in [-0.2, 0) is 22.0 Å². The van der Waals surface area contributed by atoms with Crippen LogP contribution in [0.25, 0.3) is 0 Å². The molecule has 0 radical (unpaired) electrons. The average molecular weight is 287 g/mol. The first-order chi connectivity index (χ1) is 8.29. The van der Waals surface area contributed by atoms with Crippen molar-refractivity contribution >= 4 is 33.1 Å². The molecule has 0 aromatic carbocycles. The van der Waals surface area contributed by atoms with Crippen LogP contribution in [0.1, 0.15) is 43.1 Å². The van der Waals surface area contributed by atoms with Crippen molar-refractivity contribution in [1.29, 1.82) is 0 Å². The summed E-state index contributed by atoms with van der Waals surface area (Å²) in [5.74, 6) is 0.247. The SMILES string of the molecule is CC(C)(C)OC(=O)c1c(N)sc2c1CCCS2=O. The smallest absolute Gasteiger partial charge is 0.341 e. The Morgan fingerprint density at radius 1 is 1.44 bits per heavy atom. The maximum atomic E-state index is 12.1. The molecule has 0 amide bonds. The second-order valence-electron chi connectivity index (χ2n) is 5.26. The van der Waals surface area contributed by atoms with Crippen LogP contribution in [0.2, 0.25) is 0 Å². The molecule has 1 atom stereocenters. The van der Waals surface area contributed by atoms with Crippen molar-refractivity contribution < 1.29 is 13.7 Å². The summed E-state index contributed by atoms with van der Waals surface area (Å²) in [7, 11) is -1.01. The Labute approximate surface area is 113 Å². The van der Waals surface area contributed by atoms with Gasteiger partial charge in [0.1, 0.15) is 10.6 Å². The minimum atomic E-state index is -1.01. The molecule has 18 heavy (non-hydrogen) atoms. The number of nitrogens with two attached hydrogens (primary N) is 1. The Morgan fingerprint density at radius 3 is 2.72 bits per heavy atom. The molecule has 0 fully saturated rings. The van der Waals surface area contributed by atoms with Gasteiger partial charge in [-0.25, -0.2) is 4.79 Å². The summed E-state index contributed by atoms with van der Waals surface area (Å²) in [4.78, 5) is 12.1. The maximum Gasteiger partial charge on any atom is 0.341 e. The predicted molar refractivity (Wildman–Crippen MR) is 73.5 cm³/mol. The van der Waals surface area contributed by atoms with E-state index in [0.29, 0.717) is 16.3 Å². The van der Waals surface area contributed by atoms with E-state index in [-0.39, 0.29) is 0 Å². The summed E-state index contributed by atoms with van der Waals surface area (Å²) < 4.78 is 18.0. The lowest BCUT2D eigenvalue weighted by atomic mass is 10.1. The van der Waals surface area contributed by atoms with Gasteiger partial charge in [0.2, 0.25) is 0 Å². The molecule has 100 valence electrons. The van der Waals surface area contributed by atoms with Gasteiger partial charge in [0.15, 0.2) is 0 Å². The van der Waals surface area contributed by atoms with Crippen molar-refractivity contribution in [3.63, 3.8) is 0 Å². The summed E-state index contributed by atoms with van der Waals surface area (Å²) in [5.41, 5.74) is 6.60. The lowest BCUT2D eigenvalue weighted by molar-refractivity contribution is 0.00699. The molecule has 6 heteroatoms. The van der Waals surface area contributed by atoms with Gasteiger partial charge in [-0.2, -0.15) is 0 Å². The van der Waals surface area contributed by atoms with Gasteiger partial charge in [0.05, 0.1) is 20.6 Å². The van der Waals surface area contributed by atoms with E-state index >= 15 is 0 Å². The summed E-state index contributed by atoms with van der Waals surface area (Å²) in [6.07, 6.45) is 1.58. The molecule has 0 saturated heterocycles. The van der Waals surface area contributed by atoms with Crippen molar-refractivity contribution in [2.75, 3.05) is 11.5 Å². The molecular weight excluding hydrogens is 270 g/mol. The molecule has 1 aromatic heterocycles. The minimum absolute atomic E-state index is 0.406. The number of hydrogen-bond acceptors (Lipinski definition) is 5. The largest absolute Gasteiger partial charge is 0.456 e. The molecule has 0 bridgehead atoms. The molecule has 1 aliphatic heterocycles. The van der Waals surface area contributed by atoms with Gasteiger partial charge in [-0.15, -0.1) is 11.3 Å². The lowest BCUT2D eigenvalue weighted by Crippen LogP contribution is -2.25. The number of carbonyl (C=O) groups is 1. The number of thiophene rings is 1. The normalized spacial score (nSPS) is 19.4. The number of nitrogen functional groups attached to an aromatic ring is 1. The van der Waals surface area contributed by atoms with E-state index in [2.05, 4.69) is 0 Å². The van der Waals surface area contributed by atoms with Crippen molar-refractivity contribution in [3.8, 4) is 0 Å². The van der Waals surface area contributed by atoms with E-state index in [4.69, 9.17) is 10.5 Å². The zero-order chi connectivity index (χ0) is 13.5. The minimum Gasteiger partial charge on any atom is -0.456 e. The maximum absolute atomic E-state index is 12.1. The molecule has 0 spiro atoms. The van der Waals surface area contributed by atoms with E-state index in [1.165, 1.54) is 11.3 Å². The third kappa shape index (κ3) is 2.59. The topological polar surface area (TPSA) is 69.4 Å². The quantitative estimate of drug-likeness (QED) is 0.805. The van der Waals surface area contributed by atoms with E-state index < -0.39 is 22.4 Å². The standard InChI is InChI=1S/C12H17NO3S2/c1-12(2,3)16-10(14)8-7-5-4-6-18(15)11(7)17-9(8)13/h4-6,13H2,1-3H3. The fraction of sp³-hybridized carbons (Fsp3) is 0.583. The lowest BCUT2D eigenvalue weighted by Gasteiger charge is -2.20. The van der Waals surface area contributed by atoms with Crippen LogP contribution in [0.5, 0.6) is 0 Å². The van der Waals surface area contributed by atoms with Crippen LogP contribution in [0.4, 0.5) is 5.00 Å². The highest BCUT2D eigenvalue weighted by molar-refractivity contribution is 7.87. The van der Waals surface area contributed by atoms with Gasteiger partial charge in [-0.1, -0.05) is 0 Å². The number of esters is 1. The fourth-order valence-electron chi connectivity index (χ4n) is 1.90. The van der Waals surface area contributed by atoms with E-state index in [1.54, 1.807) is 0 Å². The molecule has 2 heterocycles. The van der Waals surface area contributed by atoms with Gasteiger partial charge in [0.25, 0.3) is 0 Å². The van der Waals surface area contributed by atoms with Crippen LogP contribution < -0.4 is 5.73 Å². The second-order valence-corrected chi connectivity index (χ2v) is 8.08. The Morgan fingerprint density at radius 2 is 2.11 bits per heavy atom. The first-order valence-electron chi connectivity index (χ1n) is 5.82. The first-order valence-corrected chi connectivity index (χ1v) is 7.96. The molecule has 2 N–H and O–H groups in total. The second kappa shape index (κ2) is 4.66. The van der Waals surface area contributed by atoms with Crippen molar-refractivity contribution in [3.05, 3.63) is 11.1 Å². The molecule has 4 nitrogen and oxygen atoms in total. The average Bonchev–Trinajstić information content (AvgIpc) is 2.53. The van der Waals surface area contributed by atoms with Crippen LogP contribution >= 0.6 is 11.3 Å². The predicted octanol–water partition coefficient (Wildman–Crippen LogP) is 2.34. The molecule has 1 unspecified atom stereocenters. The first kappa shape index (κ1) is 13.5. The third-order valence-corrected chi connectivity index (χ3v) is 5.55. The number of anilines is 1. The highest BCUT2D eigenvalue weighted by Crippen LogP contribution is 2.38. The van der Waals surface area contributed by atoms with E-state index in [1.807, 2.05) is 20.8 Å². The van der Waals surface area contributed by atoms with Crippen molar-refractivity contribution in [2.45, 2.75) is 43.4 Å². The summed E-state index contributed by atoms with van der Waals surface area (Å²) >= 11 is 1.26. The van der Waals surface area contributed by atoms with Gasteiger partial charge in [0, 0.05) is 5.75 Å². The van der Waals surface area contributed by atoms with Crippen LogP contribution in [0.15, 0.2) is 4.21 Å². The molecule has 1 aliphatic rings.